The van der Waals surface area contributed by atoms with Crippen LogP contribution in [0.2, 0.25) is 0 Å². The Morgan fingerprint density at radius 1 is 1.20 bits per heavy atom. The molecule has 25 heavy (non-hydrogen) atoms. The van der Waals surface area contributed by atoms with Gasteiger partial charge in [0, 0.05) is 6.42 Å². The zero-order chi connectivity index (χ0) is 19.2. The van der Waals surface area contributed by atoms with E-state index in [9.17, 15) is 19.5 Å². The van der Waals surface area contributed by atoms with Gasteiger partial charge in [-0.1, -0.05) is 12.1 Å². The van der Waals surface area contributed by atoms with Gasteiger partial charge < -0.3 is 26.6 Å². The second-order valence-corrected chi connectivity index (χ2v) is 6.74. The number of carboxylic acid groups (broad SMARTS) is 1. The van der Waals surface area contributed by atoms with Gasteiger partial charge in [-0.25, -0.2) is 4.79 Å². The molecule has 0 spiro atoms. The third kappa shape index (κ3) is 7.67. The van der Waals surface area contributed by atoms with Crippen LogP contribution >= 0.6 is 0 Å². The average molecular weight is 351 g/mol. The minimum absolute atomic E-state index is 0.0696. The van der Waals surface area contributed by atoms with Crippen molar-refractivity contribution in [1.29, 1.82) is 0 Å². The number of primary amides is 1. The Balaban J connectivity index is 2.73. The number of ether oxygens (including phenoxy) is 1. The van der Waals surface area contributed by atoms with Gasteiger partial charge in [0.15, 0.2) is 0 Å². The lowest BCUT2D eigenvalue weighted by Gasteiger charge is -2.21. The third-order valence-corrected chi connectivity index (χ3v) is 3.16. The number of aliphatic carboxylic acids is 1. The summed E-state index contributed by atoms with van der Waals surface area (Å²) in [4.78, 5) is 34.0. The summed E-state index contributed by atoms with van der Waals surface area (Å²) >= 11 is 0. The molecule has 1 rings (SSSR count). The highest BCUT2D eigenvalue weighted by atomic mass is 16.5. The lowest BCUT2D eigenvalue weighted by Crippen LogP contribution is -2.50. The van der Waals surface area contributed by atoms with E-state index in [4.69, 9.17) is 16.2 Å². The van der Waals surface area contributed by atoms with E-state index in [1.807, 2.05) is 20.8 Å². The van der Waals surface area contributed by atoms with Crippen molar-refractivity contribution < 1.29 is 24.2 Å². The van der Waals surface area contributed by atoms with Crippen LogP contribution in [0, 0.1) is 0 Å². The molecule has 0 saturated heterocycles. The van der Waals surface area contributed by atoms with Crippen molar-refractivity contribution in [2.45, 2.75) is 51.3 Å². The van der Waals surface area contributed by atoms with Crippen molar-refractivity contribution in [2.24, 2.45) is 11.5 Å². The van der Waals surface area contributed by atoms with Crippen LogP contribution < -0.4 is 21.5 Å². The van der Waals surface area contributed by atoms with E-state index >= 15 is 0 Å². The van der Waals surface area contributed by atoms with Crippen LogP contribution in [-0.4, -0.2) is 40.6 Å². The molecule has 0 saturated carbocycles. The predicted molar refractivity (Wildman–Crippen MR) is 91.9 cm³/mol. The molecule has 0 aliphatic heterocycles. The van der Waals surface area contributed by atoms with Crippen molar-refractivity contribution in [3.05, 3.63) is 29.8 Å². The first-order valence-corrected chi connectivity index (χ1v) is 7.83. The molecular weight excluding hydrogens is 326 g/mol. The van der Waals surface area contributed by atoms with Gasteiger partial charge in [0.2, 0.25) is 11.8 Å². The zero-order valence-corrected chi connectivity index (χ0v) is 14.6. The topological polar surface area (TPSA) is 145 Å². The molecule has 2 amide bonds. The number of amides is 2. The largest absolute Gasteiger partial charge is 0.488 e. The minimum Gasteiger partial charge on any atom is -0.488 e. The summed E-state index contributed by atoms with van der Waals surface area (Å²) in [5.41, 5.74) is 10.9. The predicted octanol–water partition coefficient (Wildman–Crippen LogP) is 0.179. The highest BCUT2D eigenvalue weighted by Gasteiger charge is 2.24. The molecule has 1 aromatic carbocycles. The lowest BCUT2D eigenvalue weighted by atomic mass is 10.0. The molecule has 0 aromatic heterocycles. The molecule has 2 atom stereocenters. The van der Waals surface area contributed by atoms with Crippen LogP contribution in [0.25, 0.3) is 0 Å². The second-order valence-electron chi connectivity index (χ2n) is 6.74. The Hall–Kier alpha value is -2.61. The fourth-order valence-corrected chi connectivity index (χ4v) is 2.07. The Labute approximate surface area is 146 Å². The quantitative estimate of drug-likeness (QED) is 0.526. The van der Waals surface area contributed by atoms with E-state index in [0.717, 1.165) is 0 Å². The molecular formula is C17H25N3O5. The van der Waals surface area contributed by atoms with Gasteiger partial charge in [-0.15, -0.1) is 0 Å². The number of carbonyl (C=O) groups is 3. The second kappa shape index (κ2) is 8.48. The molecule has 0 unspecified atom stereocenters. The first-order chi connectivity index (χ1) is 11.5. The number of carboxylic acids is 1. The van der Waals surface area contributed by atoms with Gasteiger partial charge in [0.1, 0.15) is 17.4 Å². The Morgan fingerprint density at radius 3 is 2.20 bits per heavy atom. The molecule has 0 radical (unpaired) electrons. The van der Waals surface area contributed by atoms with E-state index < -0.39 is 29.9 Å². The van der Waals surface area contributed by atoms with E-state index in [1.165, 1.54) is 0 Å². The number of hydrogen-bond acceptors (Lipinski definition) is 5. The molecule has 8 nitrogen and oxygen atoms in total. The smallest absolute Gasteiger partial charge is 0.326 e. The van der Waals surface area contributed by atoms with Crippen molar-refractivity contribution in [3.63, 3.8) is 0 Å². The summed E-state index contributed by atoms with van der Waals surface area (Å²) in [6.45, 7) is 5.77. The number of hydrogen-bond donors (Lipinski definition) is 4. The summed E-state index contributed by atoms with van der Waals surface area (Å²) in [7, 11) is 0. The summed E-state index contributed by atoms with van der Waals surface area (Å²) < 4.78 is 5.70. The standard InChI is InChI=1S/C17H25N3O5/c1-17(2,3)25-11-6-4-10(5-7-11)8-13(16(23)24)20-15(22)12(18)9-14(19)21/h4-7,12-13H,8-9,18H2,1-3H3,(H2,19,21)(H,20,22)(H,23,24)/t12-,13-/m0/s1. The number of nitrogens with two attached hydrogens (primary N) is 2. The van der Waals surface area contributed by atoms with Crippen LogP contribution in [0.5, 0.6) is 5.75 Å². The first kappa shape index (κ1) is 20.4. The monoisotopic (exact) mass is 351 g/mol. The lowest BCUT2D eigenvalue weighted by molar-refractivity contribution is -0.142. The minimum atomic E-state index is -1.20. The molecule has 0 fully saturated rings. The Kier molecular flexibility index (Phi) is 6.93. The van der Waals surface area contributed by atoms with E-state index in [0.29, 0.717) is 11.3 Å². The van der Waals surface area contributed by atoms with Gasteiger partial charge in [0.25, 0.3) is 0 Å². The van der Waals surface area contributed by atoms with Gasteiger partial charge in [0.05, 0.1) is 12.5 Å². The molecule has 6 N–H and O–H groups in total. The van der Waals surface area contributed by atoms with E-state index in [1.54, 1.807) is 24.3 Å². The van der Waals surface area contributed by atoms with Gasteiger partial charge in [-0.2, -0.15) is 0 Å². The van der Waals surface area contributed by atoms with E-state index in [-0.39, 0.29) is 18.4 Å². The van der Waals surface area contributed by atoms with Crippen LogP contribution in [0.1, 0.15) is 32.8 Å². The van der Waals surface area contributed by atoms with Crippen LogP contribution in [-0.2, 0) is 20.8 Å². The summed E-state index contributed by atoms with van der Waals surface area (Å²) in [6.07, 6.45) is -0.281. The first-order valence-electron chi connectivity index (χ1n) is 7.83. The zero-order valence-electron chi connectivity index (χ0n) is 14.6. The highest BCUT2D eigenvalue weighted by Crippen LogP contribution is 2.19. The maximum Gasteiger partial charge on any atom is 0.326 e. The number of nitrogens with one attached hydrogen (secondary N) is 1. The molecule has 1 aromatic rings. The summed E-state index contributed by atoms with van der Waals surface area (Å²) in [5.74, 6) is -2.01. The Morgan fingerprint density at radius 2 is 1.76 bits per heavy atom. The number of rotatable bonds is 8. The Bertz CT molecular complexity index is 622. The maximum absolute atomic E-state index is 11.9. The SMILES string of the molecule is CC(C)(C)Oc1ccc(C[C@H](NC(=O)[C@@H](N)CC(N)=O)C(=O)O)cc1. The average Bonchev–Trinajstić information content (AvgIpc) is 2.46. The van der Waals surface area contributed by atoms with Crippen molar-refractivity contribution in [2.75, 3.05) is 0 Å². The fourth-order valence-electron chi connectivity index (χ4n) is 2.07. The molecule has 138 valence electrons. The van der Waals surface area contributed by atoms with Gasteiger partial charge in [-0.3, -0.25) is 9.59 Å². The van der Waals surface area contributed by atoms with E-state index in [2.05, 4.69) is 5.32 Å². The maximum atomic E-state index is 11.9. The molecule has 0 aliphatic carbocycles. The highest BCUT2D eigenvalue weighted by molar-refractivity contribution is 5.90. The van der Waals surface area contributed by atoms with Crippen molar-refractivity contribution in [1.82, 2.24) is 5.32 Å². The summed E-state index contributed by atoms with van der Waals surface area (Å²) in [5, 5.41) is 11.6. The van der Waals surface area contributed by atoms with Gasteiger partial charge >= 0.3 is 5.97 Å². The number of carbonyl (C=O) groups excluding carboxylic acids is 2. The third-order valence-electron chi connectivity index (χ3n) is 3.16. The van der Waals surface area contributed by atoms with Crippen molar-refractivity contribution in [3.8, 4) is 5.75 Å². The molecule has 0 heterocycles. The molecule has 0 aliphatic rings. The summed E-state index contributed by atoms with van der Waals surface area (Å²) in [6, 6.07) is 4.59. The van der Waals surface area contributed by atoms with Crippen LogP contribution in [0.3, 0.4) is 0 Å². The van der Waals surface area contributed by atoms with Crippen molar-refractivity contribution >= 4 is 17.8 Å². The molecule has 8 heteroatoms. The van der Waals surface area contributed by atoms with Crippen LogP contribution in [0.15, 0.2) is 24.3 Å². The normalized spacial score (nSPS) is 13.6. The van der Waals surface area contributed by atoms with Gasteiger partial charge in [-0.05, 0) is 38.5 Å². The number of benzene rings is 1. The van der Waals surface area contributed by atoms with Crippen LogP contribution in [0.4, 0.5) is 0 Å². The molecule has 0 bridgehead atoms. The fraction of sp³-hybridized carbons (Fsp3) is 0.471.